The Labute approximate surface area is 148 Å². The number of aromatic amines is 1. The number of hydrogen-bond donors (Lipinski definition) is 1. The highest BCUT2D eigenvalue weighted by Gasteiger charge is 2.50. The third kappa shape index (κ3) is 3.75. The Bertz CT molecular complexity index is 708. The zero-order valence-corrected chi connectivity index (χ0v) is 14.6. The van der Waals surface area contributed by atoms with E-state index in [0.29, 0.717) is 36.6 Å². The number of carbonyl (C=O) groups is 1. The van der Waals surface area contributed by atoms with Crippen molar-refractivity contribution in [2.24, 2.45) is 17.8 Å². The predicted octanol–water partition coefficient (Wildman–Crippen LogP) is 3.48. The van der Waals surface area contributed by atoms with E-state index < -0.39 is 0 Å². The van der Waals surface area contributed by atoms with Crippen LogP contribution in [0.2, 0.25) is 0 Å². The first kappa shape index (κ1) is 16.3. The van der Waals surface area contributed by atoms with Gasteiger partial charge in [0.1, 0.15) is 11.7 Å². The fourth-order valence-corrected chi connectivity index (χ4v) is 3.88. The molecule has 4 rings (SSSR count). The van der Waals surface area contributed by atoms with E-state index >= 15 is 0 Å². The molecule has 0 bridgehead atoms. The highest BCUT2D eigenvalue weighted by Crippen LogP contribution is 2.54. The normalized spacial score (nSPS) is 18.3. The number of ether oxygens (including phenoxy) is 1. The van der Waals surface area contributed by atoms with Crippen LogP contribution in [0.5, 0.6) is 0 Å². The molecule has 1 N–H and O–H groups in total. The van der Waals surface area contributed by atoms with Crippen molar-refractivity contribution in [1.29, 1.82) is 0 Å². The second kappa shape index (κ2) is 6.98. The fourth-order valence-electron chi connectivity index (χ4n) is 3.88. The number of rotatable bonds is 8. The van der Waals surface area contributed by atoms with Crippen LogP contribution in [0.1, 0.15) is 55.7 Å². The molecule has 5 heteroatoms. The van der Waals surface area contributed by atoms with Crippen molar-refractivity contribution in [3.05, 3.63) is 47.5 Å². The lowest BCUT2D eigenvalue weighted by molar-refractivity contribution is -0.147. The first-order valence-electron chi connectivity index (χ1n) is 9.38. The van der Waals surface area contributed by atoms with Crippen LogP contribution in [0.3, 0.4) is 0 Å². The van der Waals surface area contributed by atoms with Crippen LogP contribution in [0.15, 0.2) is 30.3 Å². The Morgan fingerprint density at radius 1 is 1.20 bits per heavy atom. The van der Waals surface area contributed by atoms with Gasteiger partial charge in [-0.25, -0.2) is 4.98 Å². The molecule has 0 aliphatic heterocycles. The van der Waals surface area contributed by atoms with E-state index in [-0.39, 0.29) is 11.9 Å². The number of benzene rings is 1. The van der Waals surface area contributed by atoms with E-state index in [0.717, 1.165) is 5.82 Å². The molecule has 0 amide bonds. The molecule has 1 heterocycles. The van der Waals surface area contributed by atoms with E-state index in [1.807, 2.05) is 25.1 Å². The molecule has 0 saturated heterocycles. The number of H-pyrrole nitrogens is 1. The molecule has 0 spiro atoms. The molecule has 25 heavy (non-hydrogen) atoms. The fraction of sp³-hybridized carbons (Fsp3) is 0.550. The lowest BCUT2D eigenvalue weighted by Crippen LogP contribution is -2.28. The van der Waals surface area contributed by atoms with Crippen LogP contribution in [0.4, 0.5) is 0 Å². The van der Waals surface area contributed by atoms with E-state index in [9.17, 15) is 4.79 Å². The average molecular weight is 339 g/mol. The van der Waals surface area contributed by atoms with Crippen LogP contribution >= 0.6 is 0 Å². The second-order valence-electron chi connectivity index (χ2n) is 7.28. The van der Waals surface area contributed by atoms with Crippen molar-refractivity contribution >= 4 is 5.97 Å². The topological polar surface area (TPSA) is 67.9 Å². The summed E-state index contributed by atoms with van der Waals surface area (Å²) in [5.41, 5.74) is 1.18. The van der Waals surface area contributed by atoms with Gasteiger partial charge in [-0.15, -0.1) is 0 Å². The molecule has 5 nitrogen and oxygen atoms in total. The first-order valence-corrected chi connectivity index (χ1v) is 9.38. The van der Waals surface area contributed by atoms with E-state index in [1.54, 1.807) is 0 Å². The number of hydrogen-bond acceptors (Lipinski definition) is 4. The van der Waals surface area contributed by atoms with E-state index in [4.69, 9.17) is 4.74 Å². The van der Waals surface area contributed by atoms with E-state index in [2.05, 4.69) is 27.3 Å². The van der Waals surface area contributed by atoms with Gasteiger partial charge in [0.25, 0.3) is 0 Å². The van der Waals surface area contributed by atoms with Crippen LogP contribution in [0.25, 0.3) is 0 Å². The largest absolute Gasteiger partial charge is 0.465 e. The lowest BCUT2D eigenvalue weighted by atomic mass is 9.83. The summed E-state index contributed by atoms with van der Waals surface area (Å²) in [6.45, 7) is 2.26. The van der Waals surface area contributed by atoms with Gasteiger partial charge >= 0.3 is 5.97 Å². The van der Waals surface area contributed by atoms with Crippen LogP contribution in [-0.2, 0) is 16.0 Å². The summed E-state index contributed by atoms with van der Waals surface area (Å²) in [7, 11) is 0. The van der Waals surface area contributed by atoms with Crippen molar-refractivity contribution in [1.82, 2.24) is 15.2 Å². The van der Waals surface area contributed by atoms with Gasteiger partial charge in [-0.1, -0.05) is 30.3 Å². The van der Waals surface area contributed by atoms with Crippen molar-refractivity contribution in [3.8, 4) is 0 Å². The summed E-state index contributed by atoms with van der Waals surface area (Å²) in [6, 6.07) is 10.2. The summed E-state index contributed by atoms with van der Waals surface area (Å²) in [5.74, 6) is 2.57. The van der Waals surface area contributed by atoms with Gasteiger partial charge in [0, 0.05) is 6.42 Å². The molecule has 0 radical (unpaired) electrons. The first-order chi connectivity index (χ1) is 12.3. The third-order valence-electron chi connectivity index (χ3n) is 5.30. The summed E-state index contributed by atoms with van der Waals surface area (Å²) in [5, 5.41) is 7.46. The van der Waals surface area contributed by atoms with Crippen LogP contribution < -0.4 is 0 Å². The summed E-state index contributed by atoms with van der Waals surface area (Å²) >= 11 is 0. The molecule has 1 atom stereocenters. The molecule has 1 aromatic heterocycles. The molecule has 2 saturated carbocycles. The summed E-state index contributed by atoms with van der Waals surface area (Å²) in [4.78, 5) is 17.4. The zero-order valence-electron chi connectivity index (χ0n) is 14.6. The molecular formula is C20H25N3O2. The van der Waals surface area contributed by atoms with Gasteiger partial charge in [-0.05, 0) is 55.9 Å². The van der Waals surface area contributed by atoms with Gasteiger partial charge in [0.2, 0.25) is 0 Å². The van der Waals surface area contributed by atoms with Gasteiger partial charge in [0.15, 0.2) is 5.82 Å². The number of nitrogens with one attached hydrogen (secondary N) is 1. The summed E-state index contributed by atoms with van der Waals surface area (Å²) < 4.78 is 5.39. The van der Waals surface area contributed by atoms with E-state index in [1.165, 1.54) is 31.2 Å². The molecule has 1 unspecified atom stereocenters. The lowest BCUT2D eigenvalue weighted by Gasteiger charge is -2.23. The second-order valence-corrected chi connectivity index (χ2v) is 7.28. The smallest absolute Gasteiger partial charge is 0.317 e. The standard InChI is InChI=1S/C20H25N3O2/c1-2-25-20(24)18(17(14-8-9-14)15-10-11-15)19-21-16(22-23-19)12-13-6-4-3-5-7-13/h3-7,14-15,17-18H,2,8-12H2,1H3,(H,21,22,23). The minimum absolute atomic E-state index is 0.156. The maximum absolute atomic E-state index is 12.7. The zero-order chi connectivity index (χ0) is 17.2. The number of carbonyl (C=O) groups excluding carboxylic acids is 1. The van der Waals surface area contributed by atoms with Crippen molar-refractivity contribution in [2.45, 2.75) is 44.9 Å². The van der Waals surface area contributed by atoms with Crippen molar-refractivity contribution < 1.29 is 9.53 Å². The SMILES string of the molecule is CCOC(=O)C(c1n[nH]c(Cc2ccccc2)n1)C(C1CC1)C1CC1. The molecule has 1 aromatic carbocycles. The predicted molar refractivity (Wildman–Crippen MR) is 93.9 cm³/mol. The minimum Gasteiger partial charge on any atom is -0.465 e. The molecule has 2 fully saturated rings. The highest BCUT2D eigenvalue weighted by atomic mass is 16.5. The Kier molecular flexibility index (Phi) is 4.55. The number of esters is 1. The van der Waals surface area contributed by atoms with Gasteiger partial charge in [0.05, 0.1) is 6.61 Å². The molecule has 2 aliphatic rings. The molecule has 2 aliphatic carbocycles. The van der Waals surface area contributed by atoms with Gasteiger partial charge in [-0.3, -0.25) is 9.89 Å². The third-order valence-corrected chi connectivity index (χ3v) is 5.30. The van der Waals surface area contributed by atoms with Crippen LogP contribution in [0, 0.1) is 17.8 Å². The maximum atomic E-state index is 12.7. The Morgan fingerprint density at radius 2 is 1.88 bits per heavy atom. The van der Waals surface area contributed by atoms with Crippen molar-refractivity contribution in [3.63, 3.8) is 0 Å². The highest BCUT2D eigenvalue weighted by molar-refractivity contribution is 5.77. The Morgan fingerprint density at radius 3 is 2.48 bits per heavy atom. The monoisotopic (exact) mass is 339 g/mol. The Balaban J connectivity index is 1.57. The Hall–Kier alpha value is -2.17. The van der Waals surface area contributed by atoms with Gasteiger partial charge in [-0.2, -0.15) is 5.10 Å². The van der Waals surface area contributed by atoms with Crippen molar-refractivity contribution in [2.75, 3.05) is 6.61 Å². The van der Waals surface area contributed by atoms with Gasteiger partial charge < -0.3 is 4.74 Å². The summed E-state index contributed by atoms with van der Waals surface area (Å²) in [6.07, 6.45) is 5.58. The maximum Gasteiger partial charge on any atom is 0.317 e. The number of nitrogens with zero attached hydrogens (tertiary/aromatic N) is 2. The average Bonchev–Trinajstić information content (AvgIpc) is 3.54. The minimum atomic E-state index is -0.319. The quantitative estimate of drug-likeness (QED) is 0.748. The molecule has 2 aromatic rings. The molecular weight excluding hydrogens is 314 g/mol. The number of aromatic nitrogens is 3. The van der Waals surface area contributed by atoms with Crippen LogP contribution in [-0.4, -0.2) is 27.8 Å². The molecule has 132 valence electrons.